The van der Waals surface area contributed by atoms with Crippen molar-refractivity contribution in [3.63, 3.8) is 0 Å². The minimum absolute atomic E-state index is 0. The standard InChI is InChI=1S/C14H13NO3S2.C7H5NOS.C4H10O.C4H9O.K/c1-10-2-4-12(5-3-10)20(17,18)15-8-11-6-7-19-14(11)13(16)9-15;9-6-4-8-3-5-1-2-10-7(5)6;2*1-4(2,3)5;/h2-7H,8-9H2,1H3;1-3H,4H2;5H,1-3H3;1-3H3;/q;;;-1;+1. The van der Waals surface area contributed by atoms with Gasteiger partial charge in [0.05, 0.1) is 26.8 Å². The van der Waals surface area contributed by atoms with E-state index < -0.39 is 21.2 Å². The zero-order chi connectivity index (χ0) is 30.3. The number of nitrogens with zero attached hydrogens (tertiary/aromatic N) is 2. The molecule has 0 saturated heterocycles. The first kappa shape index (κ1) is 38.1. The van der Waals surface area contributed by atoms with Crippen LogP contribution in [-0.2, 0) is 16.6 Å². The number of Topliss-reactive ketones (excluding diaryl/α,β-unsaturated/α-hetero) is 2. The summed E-state index contributed by atoms with van der Waals surface area (Å²) in [6.45, 7) is 12.5. The number of carbonyl (C=O) groups excluding carboxylic acids is 2. The van der Waals surface area contributed by atoms with Crippen LogP contribution in [0.2, 0.25) is 0 Å². The number of hydrogen-bond acceptors (Lipinski definition) is 9. The Morgan fingerprint density at radius 3 is 1.93 bits per heavy atom. The van der Waals surface area contributed by atoms with Crippen LogP contribution in [0.5, 0.6) is 0 Å². The van der Waals surface area contributed by atoms with Crippen molar-refractivity contribution in [2.24, 2.45) is 4.99 Å². The van der Waals surface area contributed by atoms with Crippen LogP contribution in [0.1, 0.15) is 77.6 Å². The zero-order valence-electron chi connectivity index (χ0n) is 24.9. The van der Waals surface area contributed by atoms with Gasteiger partial charge in [0.1, 0.15) is 6.54 Å². The van der Waals surface area contributed by atoms with Crippen molar-refractivity contribution < 1.29 is 79.6 Å². The molecule has 4 heterocycles. The molecule has 12 heteroatoms. The van der Waals surface area contributed by atoms with E-state index >= 15 is 0 Å². The normalized spacial score (nSPS) is 14.6. The Balaban J connectivity index is 0.000000333. The molecule has 0 unspecified atom stereocenters. The summed E-state index contributed by atoms with van der Waals surface area (Å²) >= 11 is 2.87. The van der Waals surface area contributed by atoms with E-state index in [-0.39, 0.29) is 80.9 Å². The molecule has 0 radical (unpaired) electrons. The van der Waals surface area contributed by atoms with Gasteiger partial charge in [0.2, 0.25) is 10.0 Å². The summed E-state index contributed by atoms with van der Waals surface area (Å²) in [6.07, 6.45) is 1.76. The molecule has 0 fully saturated rings. The third-order valence-corrected chi connectivity index (χ3v) is 8.51. The van der Waals surface area contributed by atoms with Crippen LogP contribution in [0, 0.1) is 6.92 Å². The first-order chi connectivity index (χ1) is 18.4. The maximum Gasteiger partial charge on any atom is 1.00 e. The number of fused-ring (bicyclic) bond motifs is 2. The molecule has 2 aliphatic heterocycles. The second-order valence-electron chi connectivity index (χ2n) is 11.2. The van der Waals surface area contributed by atoms with Crippen molar-refractivity contribution in [1.82, 2.24) is 4.31 Å². The molecule has 2 aliphatic rings. The first-order valence-electron chi connectivity index (χ1n) is 12.6. The summed E-state index contributed by atoms with van der Waals surface area (Å²) in [5, 5.41) is 22.4. The maximum atomic E-state index is 12.6. The predicted molar refractivity (Wildman–Crippen MR) is 160 cm³/mol. The van der Waals surface area contributed by atoms with E-state index in [0.717, 1.165) is 21.6 Å². The molecule has 1 N–H and O–H groups in total. The summed E-state index contributed by atoms with van der Waals surface area (Å²) < 4.78 is 26.4. The number of sulfonamides is 1. The van der Waals surface area contributed by atoms with Gasteiger partial charge < -0.3 is 10.2 Å². The summed E-state index contributed by atoms with van der Waals surface area (Å²) in [4.78, 5) is 28.7. The van der Waals surface area contributed by atoms with Crippen LogP contribution in [0.4, 0.5) is 0 Å². The molecule has 218 valence electrons. The number of hydrogen-bond donors (Lipinski definition) is 1. The molecule has 2 aromatic heterocycles. The van der Waals surface area contributed by atoms with E-state index in [1.807, 2.05) is 29.8 Å². The van der Waals surface area contributed by atoms with Crippen LogP contribution in [0.3, 0.4) is 0 Å². The number of rotatable bonds is 2. The maximum absolute atomic E-state index is 12.6. The Bertz CT molecular complexity index is 1410. The van der Waals surface area contributed by atoms with Gasteiger partial charge in [0, 0.05) is 18.3 Å². The smallest absolute Gasteiger partial charge is 0.850 e. The Hall–Kier alpha value is -0.904. The minimum Gasteiger partial charge on any atom is -0.850 e. The van der Waals surface area contributed by atoms with Gasteiger partial charge in [-0.3, -0.25) is 14.6 Å². The molecule has 41 heavy (non-hydrogen) atoms. The average molecular weight is 645 g/mol. The molecule has 8 nitrogen and oxygen atoms in total. The molecule has 0 amide bonds. The van der Waals surface area contributed by atoms with Crippen LogP contribution in [0.15, 0.2) is 57.0 Å². The SMILES string of the molecule is CC(C)(C)O.CC(C)(C)[O-].Cc1ccc(S(=O)(=O)N2CC(=O)c3sccc3C2)cc1.O=C1CN=Cc2ccsc21.[K+]. The molecule has 0 spiro atoms. The van der Waals surface area contributed by atoms with E-state index in [9.17, 15) is 23.1 Å². The quantitative estimate of drug-likeness (QED) is 0.424. The van der Waals surface area contributed by atoms with Gasteiger partial charge in [0.25, 0.3) is 0 Å². The van der Waals surface area contributed by atoms with E-state index in [4.69, 9.17) is 5.11 Å². The fourth-order valence-corrected chi connectivity index (χ4v) is 6.18. The van der Waals surface area contributed by atoms with E-state index in [2.05, 4.69) is 4.99 Å². The number of aryl methyl sites for hydroxylation is 1. The molecule has 0 aliphatic carbocycles. The van der Waals surface area contributed by atoms with Crippen molar-refractivity contribution in [1.29, 1.82) is 0 Å². The van der Waals surface area contributed by atoms with Crippen LogP contribution in [-0.4, -0.2) is 59.9 Å². The van der Waals surface area contributed by atoms with Gasteiger partial charge >= 0.3 is 51.4 Å². The van der Waals surface area contributed by atoms with Crippen molar-refractivity contribution in [2.45, 2.75) is 71.1 Å². The number of carbonyl (C=O) groups is 2. The van der Waals surface area contributed by atoms with Crippen molar-refractivity contribution in [3.8, 4) is 0 Å². The van der Waals surface area contributed by atoms with Gasteiger partial charge in [-0.1, -0.05) is 38.5 Å². The molecule has 0 saturated carbocycles. The van der Waals surface area contributed by atoms with Gasteiger partial charge in [-0.25, -0.2) is 8.42 Å². The number of aliphatic imine (C=N–C) groups is 1. The third-order valence-electron chi connectivity index (χ3n) is 4.74. The second kappa shape index (κ2) is 16.2. The molecule has 1 aromatic carbocycles. The fourth-order valence-electron chi connectivity index (χ4n) is 3.16. The summed E-state index contributed by atoms with van der Waals surface area (Å²) in [7, 11) is -3.62. The third kappa shape index (κ3) is 13.5. The first-order valence-corrected chi connectivity index (χ1v) is 15.8. The van der Waals surface area contributed by atoms with E-state index in [1.165, 1.54) is 27.0 Å². The average Bonchev–Trinajstić information content (AvgIpc) is 3.48. The predicted octanol–water partition coefficient (Wildman–Crippen LogP) is 1.73. The Morgan fingerprint density at radius 2 is 1.39 bits per heavy atom. The Labute approximate surface area is 294 Å². The minimum atomic E-state index is -3.62. The van der Waals surface area contributed by atoms with Crippen molar-refractivity contribution in [2.75, 3.05) is 13.1 Å². The van der Waals surface area contributed by atoms with Gasteiger partial charge in [-0.15, -0.1) is 28.3 Å². The Kier molecular flexibility index (Phi) is 15.1. The monoisotopic (exact) mass is 644 g/mol. The van der Waals surface area contributed by atoms with Gasteiger partial charge in [0.15, 0.2) is 11.6 Å². The number of aliphatic hydroxyl groups is 1. The van der Waals surface area contributed by atoms with Crippen LogP contribution < -0.4 is 56.5 Å². The number of thiophene rings is 2. The molecular weight excluding hydrogens is 608 g/mol. The van der Waals surface area contributed by atoms with Crippen LogP contribution >= 0.6 is 22.7 Å². The largest absolute Gasteiger partial charge is 1.00 e. The summed E-state index contributed by atoms with van der Waals surface area (Å²) in [5.41, 5.74) is 1.52. The second-order valence-corrected chi connectivity index (χ2v) is 14.9. The molecule has 0 atom stereocenters. The molecule has 0 bridgehead atoms. The van der Waals surface area contributed by atoms with Gasteiger partial charge in [-0.05, 0) is 68.3 Å². The number of ketones is 2. The molecule has 5 rings (SSSR count). The number of benzene rings is 1. The summed E-state index contributed by atoms with van der Waals surface area (Å²) in [6, 6.07) is 10.4. The van der Waals surface area contributed by atoms with Crippen LogP contribution in [0.25, 0.3) is 0 Å². The summed E-state index contributed by atoms with van der Waals surface area (Å²) in [5.74, 6) is 0.0180. The van der Waals surface area contributed by atoms with E-state index in [1.54, 1.807) is 72.0 Å². The zero-order valence-corrected chi connectivity index (χ0v) is 30.5. The molecular formula is C29H37KN2O6S3. The topological polar surface area (TPSA) is 127 Å². The van der Waals surface area contributed by atoms with Gasteiger partial charge in [-0.2, -0.15) is 4.31 Å². The van der Waals surface area contributed by atoms with Crippen molar-refractivity contribution in [3.05, 3.63) is 73.6 Å². The molecule has 3 aromatic rings. The van der Waals surface area contributed by atoms with Crippen molar-refractivity contribution >= 4 is 50.5 Å². The Morgan fingerprint density at radius 1 is 0.878 bits per heavy atom. The fraction of sp³-hybridized carbons (Fsp3) is 0.414. The van der Waals surface area contributed by atoms with E-state index in [0.29, 0.717) is 11.4 Å².